The Morgan fingerprint density at radius 3 is 2.44 bits per heavy atom. The first-order valence-corrected chi connectivity index (χ1v) is 6.12. The summed E-state index contributed by atoms with van der Waals surface area (Å²) in [6.45, 7) is 2.19. The van der Waals surface area contributed by atoms with Crippen LogP contribution in [-0.2, 0) is 9.47 Å². The van der Waals surface area contributed by atoms with Gasteiger partial charge >= 0.3 is 12.2 Å². The molecule has 0 spiro atoms. The van der Waals surface area contributed by atoms with Crippen molar-refractivity contribution in [3.8, 4) is 0 Å². The number of rotatable bonds is 3. The molecule has 0 N–H and O–H groups in total. The molecule has 0 heterocycles. The summed E-state index contributed by atoms with van der Waals surface area (Å²) in [6, 6.07) is 0. The lowest BCUT2D eigenvalue weighted by atomic mass is 9.95. The van der Waals surface area contributed by atoms with E-state index in [1.54, 1.807) is 6.92 Å². The molecule has 6 nitrogen and oxygen atoms in total. The molecule has 2 bridgehead atoms. The second-order valence-corrected chi connectivity index (χ2v) is 4.52. The average Bonchev–Trinajstić information content (AvgIpc) is 2.96. The highest BCUT2D eigenvalue weighted by molar-refractivity contribution is 5.73. The van der Waals surface area contributed by atoms with Crippen molar-refractivity contribution in [2.24, 2.45) is 28.0 Å². The van der Waals surface area contributed by atoms with Crippen LogP contribution in [0.2, 0.25) is 0 Å². The van der Waals surface area contributed by atoms with Gasteiger partial charge in [0.25, 0.3) is 0 Å². The van der Waals surface area contributed by atoms with Gasteiger partial charge in [-0.15, -0.1) is 0 Å². The Morgan fingerprint density at radius 2 is 1.89 bits per heavy atom. The average molecular weight is 252 g/mol. The zero-order valence-corrected chi connectivity index (χ0v) is 10.2. The summed E-state index contributed by atoms with van der Waals surface area (Å²) in [5.41, 5.74) is 0. The molecule has 2 unspecified atom stereocenters. The molecule has 1 fully saturated rings. The van der Waals surface area contributed by atoms with Crippen LogP contribution in [0.25, 0.3) is 0 Å². The topological polar surface area (TPSA) is 77.3 Å². The molecular formula is C12H16N2O4. The zero-order chi connectivity index (χ0) is 13.0. The third kappa shape index (κ3) is 3.15. The van der Waals surface area contributed by atoms with Crippen LogP contribution in [0.15, 0.2) is 22.4 Å². The molecule has 2 aliphatic rings. The van der Waals surface area contributed by atoms with Crippen molar-refractivity contribution in [1.29, 1.82) is 0 Å². The first kappa shape index (κ1) is 12.7. The van der Waals surface area contributed by atoms with Crippen molar-refractivity contribution in [1.82, 2.24) is 0 Å². The summed E-state index contributed by atoms with van der Waals surface area (Å²) >= 11 is 0. The van der Waals surface area contributed by atoms with E-state index < -0.39 is 12.2 Å². The van der Waals surface area contributed by atoms with Crippen LogP contribution in [0, 0.1) is 17.8 Å². The van der Waals surface area contributed by atoms with Crippen LogP contribution in [0.4, 0.5) is 9.59 Å². The Labute approximate surface area is 105 Å². The van der Waals surface area contributed by atoms with Gasteiger partial charge in [0.1, 0.15) is 0 Å². The number of carbonyl (C=O) groups is 2. The van der Waals surface area contributed by atoms with Crippen LogP contribution in [0.3, 0.4) is 0 Å². The molecule has 0 aliphatic heterocycles. The molecule has 0 aromatic heterocycles. The summed E-state index contributed by atoms with van der Waals surface area (Å²) in [7, 11) is 0. The monoisotopic (exact) mass is 252 g/mol. The van der Waals surface area contributed by atoms with Crippen LogP contribution >= 0.6 is 0 Å². The number of hydrogen-bond acceptors (Lipinski definition) is 4. The quantitative estimate of drug-likeness (QED) is 0.571. The van der Waals surface area contributed by atoms with Crippen molar-refractivity contribution in [2.45, 2.75) is 19.8 Å². The van der Waals surface area contributed by atoms with Crippen molar-refractivity contribution in [3.63, 3.8) is 0 Å². The van der Waals surface area contributed by atoms with Gasteiger partial charge in [0.15, 0.2) is 0 Å². The van der Waals surface area contributed by atoms with E-state index >= 15 is 0 Å². The summed E-state index contributed by atoms with van der Waals surface area (Å²) in [4.78, 5) is 22.0. The molecule has 2 aliphatic carbocycles. The smallest absolute Gasteiger partial charge is 0.447 e. The van der Waals surface area contributed by atoms with Crippen LogP contribution < -0.4 is 0 Å². The molecular weight excluding hydrogens is 236 g/mol. The van der Waals surface area contributed by atoms with Gasteiger partial charge in [0.05, 0.1) is 13.2 Å². The normalized spacial score (nSPS) is 28.8. The molecule has 98 valence electrons. The molecule has 0 radical (unpaired) electrons. The van der Waals surface area contributed by atoms with Gasteiger partial charge in [-0.3, -0.25) is 0 Å². The van der Waals surface area contributed by atoms with E-state index in [1.165, 1.54) is 0 Å². The number of allylic oxidation sites excluding steroid dienone is 2. The second-order valence-electron chi connectivity index (χ2n) is 4.52. The molecule has 1 saturated carbocycles. The van der Waals surface area contributed by atoms with E-state index in [1.807, 2.05) is 0 Å². The van der Waals surface area contributed by atoms with Gasteiger partial charge in [-0.05, 0) is 31.6 Å². The summed E-state index contributed by atoms with van der Waals surface area (Å²) in [5.74, 6) is 1.53. The van der Waals surface area contributed by atoms with Gasteiger partial charge in [0.2, 0.25) is 0 Å². The Hall–Kier alpha value is -1.72. The predicted molar refractivity (Wildman–Crippen MR) is 62.1 cm³/mol. The Balaban J connectivity index is 1.69. The highest BCUT2D eigenvalue weighted by Gasteiger charge is 2.36. The summed E-state index contributed by atoms with van der Waals surface area (Å²) in [5, 5.41) is 6.22. The molecule has 0 saturated heterocycles. The minimum absolute atomic E-state index is 0.199. The van der Waals surface area contributed by atoms with E-state index in [0.717, 1.165) is 12.8 Å². The van der Waals surface area contributed by atoms with E-state index in [0.29, 0.717) is 24.4 Å². The molecule has 0 aromatic rings. The minimum atomic E-state index is -0.877. The SMILES string of the molecule is CCOC(=O)/N=N\C(=O)OCC1CC2C=C[C@H]1C2. The highest BCUT2D eigenvalue weighted by atomic mass is 16.6. The summed E-state index contributed by atoms with van der Waals surface area (Å²) in [6.07, 6.45) is 4.92. The molecule has 6 heteroatoms. The molecule has 2 rings (SSSR count). The van der Waals surface area contributed by atoms with Gasteiger partial charge in [-0.1, -0.05) is 22.4 Å². The van der Waals surface area contributed by atoms with Gasteiger partial charge in [-0.25, -0.2) is 9.59 Å². The predicted octanol–water partition coefficient (Wildman–Crippen LogP) is 2.94. The molecule has 0 aromatic carbocycles. The van der Waals surface area contributed by atoms with Crippen molar-refractivity contribution >= 4 is 12.2 Å². The number of azo groups is 1. The largest absolute Gasteiger partial charge is 0.452 e. The third-order valence-corrected chi connectivity index (χ3v) is 3.32. The van der Waals surface area contributed by atoms with Crippen LogP contribution in [0.1, 0.15) is 19.8 Å². The van der Waals surface area contributed by atoms with E-state index in [2.05, 4.69) is 27.1 Å². The fraction of sp³-hybridized carbons (Fsp3) is 0.667. The number of fused-ring (bicyclic) bond motifs is 2. The van der Waals surface area contributed by atoms with Crippen molar-refractivity contribution in [2.75, 3.05) is 13.2 Å². The maximum atomic E-state index is 11.2. The van der Waals surface area contributed by atoms with Gasteiger partial charge in [-0.2, -0.15) is 0 Å². The van der Waals surface area contributed by atoms with Gasteiger partial charge in [0, 0.05) is 5.92 Å². The summed E-state index contributed by atoms with van der Waals surface area (Å²) < 4.78 is 9.46. The van der Waals surface area contributed by atoms with Gasteiger partial charge < -0.3 is 9.47 Å². The third-order valence-electron chi connectivity index (χ3n) is 3.32. The Bertz CT molecular complexity index is 392. The Kier molecular flexibility index (Phi) is 4.07. The number of hydrogen-bond donors (Lipinski definition) is 0. The fourth-order valence-electron chi connectivity index (χ4n) is 2.53. The maximum Gasteiger partial charge on any atom is 0.452 e. The lowest BCUT2D eigenvalue weighted by molar-refractivity contribution is 0.126. The number of ether oxygens (including phenoxy) is 2. The number of carbonyl (C=O) groups excluding carboxylic acids is 2. The lowest BCUT2D eigenvalue weighted by Gasteiger charge is -2.16. The number of nitrogens with zero attached hydrogens (tertiary/aromatic N) is 2. The zero-order valence-electron chi connectivity index (χ0n) is 10.2. The maximum absolute atomic E-state index is 11.2. The number of amides is 2. The Morgan fingerprint density at radius 1 is 1.17 bits per heavy atom. The fourth-order valence-corrected chi connectivity index (χ4v) is 2.53. The van der Waals surface area contributed by atoms with E-state index in [9.17, 15) is 9.59 Å². The minimum Gasteiger partial charge on any atom is -0.447 e. The lowest BCUT2D eigenvalue weighted by Crippen LogP contribution is -2.16. The van der Waals surface area contributed by atoms with Crippen molar-refractivity contribution < 1.29 is 19.1 Å². The van der Waals surface area contributed by atoms with E-state index in [-0.39, 0.29) is 6.61 Å². The highest BCUT2D eigenvalue weighted by Crippen LogP contribution is 2.43. The molecule has 2 amide bonds. The van der Waals surface area contributed by atoms with E-state index in [4.69, 9.17) is 4.74 Å². The molecule has 3 atom stereocenters. The first-order chi connectivity index (χ1) is 8.69. The molecule has 18 heavy (non-hydrogen) atoms. The van der Waals surface area contributed by atoms with Crippen LogP contribution in [0.5, 0.6) is 0 Å². The van der Waals surface area contributed by atoms with Crippen LogP contribution in [-0.4, -0.2) is 25.4 Å². The first-order valence-electron chi connectivity index (χ1n) is 6.12. The van der Waals surface area contributed by atoms with Crippen molar-refractivity contribution in [3.05, 3.63) is 12.2 Å². The second kappa shape index (κ2) is 5.75. The standard InChI is InChI=1S/C12H16N2O4/c1-2-17-11(15)13-14-12(16)18-7-10-6-8-3-4-9(10)5-8/h3-4,8-10H,2,5-7H2,1H3/b14-13-/t8?,9-,10?/m0/s1.